The average Bonchev–Trinajstić information content (AvgIpc) is 3.32. The van der Waals surface area contributed by atoms with Crippen molar-refractivity contribution >= 4 is 33.1 Å². The van der Waals surface area contributed by atoms with Crippen LogP contribution in [-0.2, 0) is 16.4 Å². The molecule has 0 saturated carbocycles. The van der Waals surface area contributed by atoms with Crippen molar-refractivity contribution in [3.8, 4) is 6.07 Å². The predicted octanol–water partition coefficient (Wildman–Crippen LogP) is 2.84. The van der Waals surface area contributed by atoms with Gasteiger partial charge in [0.15, 0.2) is 0 Å². The van der Waals surface area contributed by atoms with Crippen LogP contribution in [0.3, 0.4) is 0 Å². The lowest BCUT2D eigenvalue weighted by molar-refractivity contribution is -0.385. The van der Waals surface area contributed by atoms with Crippen molar-refractivity contribution in [3.05, 3.63) is 94.1 Å². The van der Waals surface area contributed by atoms with E-state index < -0.39 is 14.9 Å². The second-order valence-electron chi connectivity index (χ2n) is 8.08. The lowest BCUT2D eigenvalue weighted by atomic mass is 10.2. The number of nitriles is 1. The van der Waals surface area contributed by atoms with Gasteiger partial charge in [0.1, 0.15) is 4.90 Å². The van der Waals surface area contributed by atoms with Gasteiger partial charge in [-0.3, -0.25) is 15.1 Å². The summed E-state index contributed by atoms with van der Waals surface area (Å²) in [6.45, 7) is 0.459. The van der Waals surface area contributed by atoms with Gasteiger partial charge < -0.3 is 4.90 Å². The summed E-state index contributed by atoms with van der Waals surface area (Å²) < 4.78 is 29.3. The number of rotatable bonds is 9. The van der Waals surface area contributed by atoms with Gasteiger partial charge in [-0.2, -0.15) is 28.3 Å². The Labute approximate surface area is 212 Å². The number of nitrogens with zero attached hydrogens (tertiary/aromatic N) is 8. The number of hydrogen-bond donors (Lipinski definition) is 0. The summed E-state index contributed by atoms with van der Waals surface area (Å²) in [5.74, 6) is 0. The largest absolute Gasteiger partial charge is 0.373 e. The van der Waals surface area contributed by atoms with Crippen LogP contribution in [-0.4, -0.2) is 59.2 Å². The van der Waals surface area contributed by atoms with Crippen LogP contribution in [0.5, 0.6) is 0 Å². The van der Waals surface area contributed by atoms with Crippen LogP contribution < -0.4 is 4.90 Å². The zero-order valence-corrected chi connectivity index (χ0v) is 20.8. The SMILES string of the molecule is CN(CCc1ccncc1)c1ccc([N+](=O)[O-])cc1S(=O)(=O)N(C)/N=C/c1cnn2ccc(C#N)cc12. The average molecular weight is 519 g/mol. The molecule has 3 aromatic heterocycles. The Hall–Kier alpha value is -4.83. The van der Waals surface area contributed by atoms with Gasteiger partial charge in [0, 0.05) is 56.9 Å². The third kappa shape index (κ3) is 5.39. The maximum atomic E-state index is 13.5. The van der Waals surface area contributed by atoms with Gasteiger partial charge in [0.2, 0.25) is 0 Å². The van der Waals surface area contributed by atoms with Crippen LogP contribution in [0.25, 0.3) is 5.52 Å². The highest BCUT2D eigenvalue weighted by molar-refractivity contribution is 7.89. The first-order valence-corrected chi connectivity index (χ1v) is 12.4. The number of benzene rings is 1. The minimum atomic E-state index is -4.27. The Bertz CT molecular complexity index is 1630. The summed E-state index contributed by atoms with van der Waals surface area (Å²) in [6.07, 6.45) is 8.38. The minimum Gasteiger partial charge on any atom is -0.373 e. The van der Waals surface area contributed by atoms with Gasteiger partial charge in [-0.1, -0.05) is 0 Å². The number of non-ortho nitro benzene ring substituents is 1. The summed E-state index contributed by atoms with van der Waals surface area (Å²) in [4.78, 5) is 16.2. The molecule has 0 aliphatic heterocycles. The summed E-state index contributed by atoms with van der Waals surface area (Å²) in [6, 6.07) is 12.7. The lowest BCUT2D eigenvalue weighted by Gasteiger charge is -2.24. The molecule has 0 aliphatic carbocycles. The van der Waals surface area contributed by atoms with Crippen molar-refractivity contribution in [2.45, 2.75) is 11.3 Å². The summed E-state index contributed by atoms with van der Waals surface area (Å²) in [5, 5.41) is 28.8. The Morgan fingerprint density at radius 3 is 2.65 bits per heavy atom. The highest BCUT2D eigenvalue weighted by atomic mass is 32.2. The molecular formula is C24H22N8O4S. The van der Waals surface area contributed by atoms with E-state index in [2.05, 4.69) is 15.2 Å². The monoisotopic (exact) mass is 518 g/mol. The van der Waals surface area contributed by atoms with Crippen LogP contribution >= 0.6 is 0 Å². The molecule has 0 atom stereocenters. The number of hydrogen-bond acceptors (Lipinski definition) is 9. The maximum Gasteiger partial charge on any atom is 0.281 e. The molecule has 0 amide bonds. The van der Waals surface area contributed by atoms with Crippen LogP contribution in [0.15, 0.2) is 77.2 Å². The highest BCUT2D eigenvalue weighted by Crippen LogP contribution is 2.31. The molecule has 0 aliphatic rings. The zero-order chi connectivity index (χ0) is 26.6. The fourth-order valence-corrected chi connectivity index (χ4v) is 4.84. The fourth-order valence-electron chi connectivity index (χ4n) is 3.62. The van der Waals surface area contributed by atoms with E-state index in [4.69, 9.17) is 5.26 Å². The molecule has 0 N–H and O–H groups in total. The molecule has 0 bridgehead atoms. The van der Waals surface area contributed by atoms with E-state index in [0.717, 1.165) is 16.0 Å². The van der Waals surface area contributed by atoms with Crippen LogP contribution in [0.2, 0.25) is 0 Å². The smallest absolute Gasteiger partial charge is 0.281 e. The van der Waals surface area contributed by atoms with Gasteiger partial charge in [-0.25, -0.2) is 4.52 Å². The second-order valence-corrected chi connectivity index (χ2v) is 10.00. The van der Waals surface area contributed by atoms with Crippen LogP contribution in [0.4, 0.5) is 11.4 Å². The van der Waals surface area contributed by atoms with Crippen molar-refractivity contribution in [3.63, 3.8) is 0 Å². The Kier molecular flexibility index (Phi) is 7.12. The zero-order valence-electron chi connectivity index (χ0n) is 20.0. The lowest BCUT2D eigenvalue weighted by Crippen LogP contribution is -2.27. The Morgan fingerprint density at radius 1 is 1.19 bits per heavy atom. The quantitative estimate of drug-likeness (QED) is 0.186. The molecule has 4 aromatic rings. The summed E-state index contributed by atoms with van der Waals surface area (Å²) >= 11 is 0. The second kappa shape index (κ2) is 10.4. The van der Waals surface area contributed by atoms with E-state index >= 15 is 0 Å². The normalized spacial score (nSPS) is 11.5. The molecule has 1 aromatic carbocycles. The van der Waals surface area contributed by atoms with E-state index in [0.29, 0.717) is 35.3 Å². The predicted molar refractivity (Wildman–Crippen MR) is 137 cm³/mol. The molecule has 0 spiro atoms. The first-order chi connectivity index (χ1) is 17.7. The Balaban J connectivity index is 1.65. The number of nitro benzene ring substituents is 1. The molecule has 37 heavy (non-hydrogen) atoms. The van der Waals surface area contributed by atoms with E-state index in [1.54, 1.807) is 42.7 Å². The number of hydrazone groups is 1. The molecule has 188 valence electrons. The summed E-state index contributed by atoms with van der Waals surface area (Å²) in [5.41, 5.74) is 2.45. The molecule has 4 rings (SSSR count). The van der Waals surface area contributed by atoms with Gasteiger partial charge in [0.05, 0.1) is 40.2 Å². The van der Waals surface area contributed by atoms with Crippen molar-refractivity contribution < 1.29 is 13.3 Å². The molecular weight excluding hydrogens is 496 g/mol. The third-order valence-corrected chi connectivity index (χ3v) is 7.39. The first kappa shape index (κ1) is 25.3. The molecule has 0 fully saturated rings. The number of likely N-dealkylation sites (N-methyl/N-ethyl adjacent to an activating group) is 1. The van der Waals surface area contributed by atoms with E-state index in [1.165, 1.54) is 36.1 Å². The first-order valence-electron chi connectivity index (χ1n) is 11.0. The molecule has 0 saturated heterocycles. The maximum absolute atomic E-state index is 13.5. The van der Waals surface area contributed by atoms with Gasteiger partial charge in [-0.05, 0) is 42.3 Å². The van der Waals surface area contributed by atoms with Crippen molar-refractivity contribution in [1.82, 2.24) is 19.0 Å². The van der Waals surface area contributed by atoms with Gasteiger partial charge in [0.25, 0.3) is 15.7 Å². The Morgan fingerprint density at radius 2 is 1.95 bits per heavy atom. The van der Waals surface area contributed by atoms with Crippen molar-refractivity contribution in [2.75, 3.05) is 25.5 Å². The molecule has 13 heteroatoms. The highest BCUT2D eigenvalue weighted by Gasteiger charge is 2.27. The van der Waals surface area contributed by atoms with Crippen molar-refractivity contribution in [1.29, 1.82) is 5.26 Å². The van der Waals surface area contributed by atoms with Crippen LogP contribution in [0.1, 0.15) is 16.7 Å². The molecule has 12 nitrogen and oxygen atoms in total. The molecule has 0 unspecified atom stereocenters. The van der Waals surface area contributed by atoms with E-state index in [9.17, 15) is 18.5 Å². The third-order valence-electron chi connectivity index (χ3n) is 5.72. The minimum absolute atomic E-state index is 0.245. The van der Waals surface area contributed by atoms with Crippen molar-refractivity contribution in [2.24, 2.45) is 5.10 Å². The van der Waals surface area contributed by atoms with Gasteiger partial charge in [-0.15, -0.1) is 0 Å². The summed E-state index contributed by atoms with van der Waals surface area (Å²) in [7, 11) is -1.31. The number of pyridine rings is 2. The number of fused-ring (bicyclic) bond motifs is 1. The number of anilines is 1. The van der Waals surface area contributed by atoms with E-state index in [-0.39, 0.29) is 10.6 Å². The molecule has 0 radical (unpaired) electrons. The number of nitro groups is 1. The number of sulfonamides is 1. The van der Waals surface area contributed by atoms with E-state index in [1.807, 2.05) is 18.2 Å². The fraction of sp³-hybridized carbons (Fsp3) is 0.167. The molecule has 3 heterocycles. The number of aromatic nitrogens is 3. The topological polar surface area (TPSA) is 150 Å². The standard InChI is InChI=1S/C24H22N8O4S/c1-29(11-7-18-5-9-26-10-6-18)22-4-3-21(32(33)34)14-24(22)37(35,36)30(2)27-16-20-17-28-31-12-8-19(15-25)13-23(20)31/h3-6,8-10,12-14,16-17H,7,11H2,1-2H3/b27-16+. The van der Waals surface area contributed by atoms with Crippen LogP contribution in [0, 0.1) is 21.4 Å². The van der Waals surface area contributed by atoms with Gasteiger partial charge >= 0.3 is 0 Å².